The minimum Gasteiger partial charge on any atom is -0.497 e. The first kappa shape index (κ1) is 14.5. The zero-order valence-corrected chi connectivity index (χ0v) is 10.9. The summed E-state index contributed by atoms with van der Waals surface area (Å²) >= 11 is 0. The molecule has 0 fully saturated rings. The Balaban J connectivity index is 0.000000200. The summed E-state index contributed by atoms with van der Waals surface area (Å²) < 4.78 is 4.91. The molecule has 96 valence electrons. The Morgan fingerprint density at radius 2 is 1.58 bits per heavy atom. The monoisotopic (exact) mass is 252 g/mol. The van der Waals surface area contributed by atoms with Crippen molar-refractivity contribution in [3.05, 3.63) is 66.2 Å². The summed E-state index contributed by atoms with van der Waals surface area (Å²) in [7, 11) is 1.66. The molecule has 0 atom stereocenters. The predicted octanol–water partition coefficient (Wildman–Crippen LogP) is 3.59. The van der Waals surface area contributed by atoms with Crippen molar-refractivity contribution < 1.29 is 9.53 Å². The van der Waals surface area contributed by atoms with E-state index in [2.05, 4.69) is 5.92 Å². The Hall–Kier alpha value is -2.53. The van der Waals surface area contributed by atoms with Crippen molar-refractivity contribution in [1.29, 1.82) is 0 Å². The Labute approximate surface area is 114 Å². The van der Waals surface area contributed by atoms with Gasteiger partial charge in [0.1, 0.15) is 5.75 Å². The fraction of sp³-hybridized carbons (Fsp3) is 0.118. The van der Waals surface area contributed by atoms with E-state index in [0.29, 0.717) is 5.56 Å². The lowest BCUT2D eigenvalue weighted by molar-refractivity contribution is 0.0998. The molecule has 0 aliphatic rings. The van der Waals surface area contributed by atoms with Crippen molar-refractivity contribution in [2.24, 2.45) is 0 Å². The molecule has 2 aromatic carbocycles. The van der Waals surface area contributed by atoms with Gasteiger partial charge in [-0.15, -0.1) is 6.42 Å². The molecule has 2 heteroatoms. The molecule has 0 spiro atoms. The molecule has 0 bridgehead atoms. The van der Waals surface area contributed by atoms with Crippen LogP contribution >= 0.6 is 0 Å². The maximum absolute atomic E-state index is 11.1. The summed E-state index contributed by atoms with van der Waals surface area (Å²) in [6.45, 7) is 0. The van der Waals surface area contributed by atoms with Gasteiger partial charge in [0, 0.05) is 5.56 Å². The number of ketones is 1. The van der Waals surface area contributed by atoms with Gasteiger partial charge >= 0.3 is 0 Å². The van der Waals surface area contributed by atoms with Gasteiger partial charge in [0.15, 0.2) is 5.78 Å². The molecule has 0 saturated heterocycles. The summed E-state index contributed by atoms with van der Waals surface area (Å²) in [4.78, 5) is 11.1. The predicted molar refractivity (Wildman–Crippen MR) is 77.2 cm³/mol. The van der Waals surface area contributed by atoms with Gasteiger partial charge in [-0.25, -0.2) is 0 Å². The van der Waals surface area contributed by atoms with Crippen LogP contribution in [0.3, 0.4) is 0 Å². The summed E-state index contributed by atoms with van der Waals surface area (Å²) in [6, 6.07) is 18.7. The fourth-order valence-corrected chi connectivity index (χ4v) is 1.38. The molecule has 0 amide bonds. The summed E-state index contributed by atoms with van der Waals surface area (Å²) in [6.07, 6.45) is 5.18. The van der Waals surface area contributed by atoms with Crippen LogP contribution in [0.1, 0.15) is 16.8 Å². The molecule has 0 aliphatic heterocycles. The van der Waals surface area contributed by atoms with Crippen LogP contribution in [-0.4, -0.2) is 12.9 Å². The standard InChI is InChI=1S/C10H8O.C7H8O/c1-2-6-10(11)9-7-4-3-5-8-9;1-8-7-5-3-2-4-6-7/h1,3-5,7-8H,6H2;2-6H,1H3. The van der Waals surface area contributed by atoms with Crippen LogP contribution in [0, 0.1) is 12.3 Å². The van der Waals surface area contributed by atoms with Gasteiger partial charge in [-0.1, -0.05) is 54.5 Å². The van der Waals surface area contributed by atoms with Crippen molar-refractivity contribution in [2.45, 2.75) is 6.42 Å². The van der Waals surface area contributed by atoms with Crippen molar-refractivity contribution in [3.63, 3.8) is 0 Å². The van der Waals surface area contributed by atoms with E-state index in [1.54, 1.807) is 19.2 Å². The number of terminal acetylenes is 1. The van der Waals surface area contributed by atoms with Crippen molar-refractivity contribution in [2.75, 3.05) is 7.11 Å². The van der Waals surface area contributed by atoms with Gasteiger partial charge in [-0.05, 0) is 12.1 Å². The van der Waals surface area contributed by atoms with E-state index in [1.807, 2.05) is 48.5 Å². The number of carbonyl (C=O) groups excluding carboxylic acids is 1. The largest absolute Gasteiger partial charge is 0.497 e. The molecule has 0 unspecified atom stereocenters. The van der Waals surface area contributed by atoms with Crippen LogP contribution in [0.15, 0.2) is 60.7 Å². The van der Waals surface area contributed by atoms with Crippen LogP contribution < -0.4 is 4.74 Å². The lowest BCUT2D eigenvalue weighted by Crippen LogP contribution is -1.95. The van der Waals surface area contributed by atoms with Crippen LogP contribution in [-0.2, 0) is 0 Å². The maximum Gasteiger partial charge on any atom is 0.174 e. The van der Waals surface area contributed by atoms with Crippen molar-refractivity contribution >= 4 is 5.78 Å². The first-order valence-electron chi connectivity index (χ1n) is 5.88. The number of hydrogen-bond donors (Lipinski definition) is 0. The Kier molecular flexibility index (Phi) is 6.53. The third kappa shape index (κ3) is 5.56. The highest BCUT2D eigenvalue weighted by Gasteiger charge is 2.00. The minimum absolute atomic E-state index is 0.00750. The first-order valence-corrected chi connectivity index (χ1v) is 5.88. The molecular weight excluding hydrogens is 236 g/mol. The molecule has 0 N–H and O–H groups in total. The topological polar surface area (TPSA) is 26.3 Å². The van der Waals surface area contributed by atoms with E-state index in [0.717, 1.165) is 5.75 Å². The van der Waals surface area contributed by atoms with Gasteiger partial charge in [0.05, 0.1) is 13.5 Å². The van der Waals surface area contributed by atoms with Crippen LogP contribution in [0.4, 0.5) is 0 Å². The van der Waals surface area contributed by atoms with Gasteiger partial charge in [0.2, 0.25) is 0 Å². The van der Waals surface area contributed by atoms with Gasteiger partial charge in [-0.3, -0.25) is 4.79 Å². The SMILES string of the molecule is C#CCC(=O)c1ccccc1.COc1ccccc1. The quantitative estimate of drug-likeness (QED) is 0.616. The van der Waals surface area contributed by atoms with E-state index in [4.69, 9.17) is 11.2 Å². The van der Waals surface area contributed by atoms with Crippen molar-refractivity contribution in [1.82, 2.24) is 0 Å². The van der Waals surface area contributed by atoms with Crippen molar-refractivity contribution in [3.8, 4) is 18.1 Å². The lowest BCUT2D eigenvalue weighted by atomic mass is 10.1. The molecule has 0 saturated carbocycles. The highest BCUT2D eigenvalue weighted by Crippen LogP contribution is 2.05. The molecular formula is C17H16O2. The second kappa shape index (κ2) is 8.54. The van der Waals surface area contributed by atoms with E-state index >= 15 is 0 Å². The summed E-state index contributed by atoms with van der Waals surface area (Å²) in [5.41, 5.74) is 0.686. The molecule has 0 heterocycles. The Morgan fingerprint density at radius 3 is 2.00 bits per heavy atom. The molecule has 2 aromatic rings. The van der Waals surface area contributed by atoms with E-state index in [1.165, 1.54) is 0 Å². The average molecular weight is 252 g/mol. The molecule has 0 radical (unpaired) electrons. The number of hydrogen-bond acceptors (Lipinski definition) is 2. The number of methoxy groups -OCH3 is 1. The zero-order valence-electron chi connectivity index (χ0n) is 10.9. The number of para-hydroxylation sites is 1. The van der Waals surface area contributed by atoms with E-state index in [-0.39, 0.29) is 12.2 Å². The van der Waals surface area contributed by atoms with Crippen LogP contribution in [0.25, 0.3) is 0 Å². The zero-order chi connectivity index (χ0) is 13.9. The maximum atomic E-state index is 11.1. The number of carbonyl (C=O) groups is 1. The smallest absolute Gasteiger partial charge is 0.174 e. The highest BCUT2D eigenvalue weighted by atomic mass is 16.5. The van der Waals surface area contributed by atoms with E-state index < -0.39 is 0 Å². The van der Waals surface area contributed by atoms with Crippen LogP contribution in [0.2, 0.25) is 0 Å². The molecule has 0 aliphatic carbocycles. The highest BCUT2D eigenvalue weighted by molar-refractivity contribution is 5.97. The molecule has 0 aromatic heterocycles. The molecule has 2 nitrogen and oxygen atoms in total. The number of rotatable bonds is 3. The van der Waals surface area contributed by atoms with Gasteiger partial charge in [-0.2, -0.15) is 0 Å². The van der Waals surface area contributed by atoms with Gasteiger partial charge in [0.25, 0.3) is 0 Å². The minimum atomic E-state index is 0.00750. The summed E-state index contributed by atoms with van der Waals surface area (Å²) in [5, 5.41) is 0. The number of benzene rings is 2. The number of Topliss-reactive ketones (excluding diaryl/α,β-unsaturated/α-hetero) is 1. The third-order valence-electron chi connectivity index (χ3n) is 2.34. The lowest BCUT2D eigenvalue weighted by Gasteiger charge is -1.93. The number of ether oxygens (including phenoxy) is 1. The fourth-order valence-electron chi connectivity index (χ4n) is 1.38. The Morgan fingerprint density at radius 1 is 1.05 bits per heavy atom. The van der Waals surface area contributed by atoms with Gasteiger partial charge < -0.3 is 4.74 Å². The molecule has 2 rings (SSSR count). The second-order valence-corrected chi connectivity index (χ2v) is 3.69. The second-order valence-electron chi connectivity index (χ2n) is 3.69. The van der Waals surface area contributed by atoms with E-state index in [9.17, 15) is 4.79 Å². The molecule has 19 heavy (non-hydrogen) atoms. The third-order valence-corrected chi connectivity index (χ3v) is 2.34. The van der Waals surface area contributed by atoms with Crippen LogP contribution in [0.5, 0.6) is 5.75 Å². The summed E-state index contributed by atoms with van der Waals surface area (Å²) in [5.74, 6) is 3.23. The Bertz CT molecular complexity index is 524. The normalized spacial score (nSPS) is 8.63. The average Bonchev–Trinajstić information content (AvgIpc) is 2.50. The first-order chi connectivity index (χ1) is 9.27.